The number of carbonyl (C=O) groups excluding carboxylic acids is 2. The fourth-order valence-electron chi connectivity index (χ4n) is 2.57. The maximum absolute atomic E-state index is 12.1. The summed E-state index contributed by atoms with van der Waals surface area (Å²) in [6.45, 7) is 4.08. The number of carbonyl (C=O) groups is 2. The van der Waals surface area contributed by atoms with Gasteiger partial charge in [0.1, 0.15) is 12.4 Å². The molecule has 6 heteroatoms. The van der Waals surface area contributed by atoms with Crippen LogP contribution in [-0.2, 0) is 9.53 Å². The molecule has 1 atom stereocenters. The molecule has 0 spiro atoms. The highest BCUT2D eigenvalue weighted by Gasteiger charge is 2.29. The van der Waals surface area contributed by atoms with Crippen molar-refractivity contribution in [2.75, 3.05) is 32.8 Å². The quantitative estimate of drug-likeness (QED) is 0.643. The summed E-state index contributed by atoms with van der Waals surface area (Å²) in [4.78, 5) is 25.6. The van der Waals surface area contributed by atoms with E-state index in [0.29, 0.717) is 32.8 Å². The van der Waals surface area contributed by atoms with Crippen LogP contribution in [0.3, 0.4) is 0 Å². The largest absolute Gasteiger partial charge is 0.492 e. The number of nitrogens with one attached hydrogen (secondary N) is 1. The molecule has 2 rings (SSSR count). The Hall–Kier alpha value is -2.24. The molecule has 1 aromatic rings. The minimum Gasteiger partial charge on any atom is -0.492 e. The van der Waals surface area contributed by atoms with Crippen molar-refractivity contribution in [2.45, 2.75) is 19.8 Å². The molecule has 1 heterocycles. The van der Waals surface area contributed by atoms with Gasteiger partial charge in [0.05, 0.1) is 19.1 Å². The van der Waals surface area contributed by atoms with Crippen LogP contribution >= 0.6 is 0 Å². The highest BCUT2D eigenvalue weighted by molar-refractivity contribution is 5.77. The lowest BCUT2D eigenvalue weighted by molar-refractivity contribution is -0.149. The summed E-state index contributed by atoms with van der Waals surface area (Å²) in [5.74, 6) is 0.356. The number of ether oxygens (including phenoxy) is 2. The SMILES string of the molecule is CCOC(=O)C1CCCN(C(=O)NCCOc2ccccc2)C1. The maximum atomic E-state index is 12.1. The molecule has 6 nitrogen and oxygen atoms in total. The average molecular weight is 320 g/mol. The molecular formula is C17H24N2O4. The molecule has 1 fully saturated rings. The van der Waals surface area contributed by atoms with Crippen molar-refractivity contribution < 1.29 is 19.1 Å². The highest BCUT2D eigenvalue weighted by atomic mass is 16.5. The Morgan fingerprint density at radius 3 is 2.83 bits per heavy atom. The van der Waals surface area contributed by atoms with Gasteiger partial charge in [-0.2, -0.15) is 0 Å². The second-order valence-corrected chi connectivity index (χ2v) is 5.43. The van der Waals surface area contributed by atoms with Gasteiger partial charge in [-0.05, 0) is 31.9 Å². The average Bonchev–Trinajstić information content (AvgIpc) is 2.60. The van der Waals surface area contributed by atoms with Gasteiger partial charge < -0.3 is 19.7 Å². The number of urea groups is 1. The van der Waals surface area contributed by atoms with Crippen molar-refractivity contribution in [1.82, 2.24) is 10.2 Å². The molecule has 0 aromatic heterocycles. The van der Waals surface area contributed by atoms with Gasteiger partial charge in [-0.25, -0.2) is 4.79 Å². The van der Waals surface area contributed by atoms with Crippen LogP contribution in [0.2, 0.25) is 0 Å². The summed E-state index contributed by atoms with van der Waals surface area (Å²) in [6.07, 6.45) is 1.59. The van der Waals surface area contributed by atoms with Crippen molar-refractivity contribution in [1.29, 1.82) is 0 Å². The van der Waals surface area contributed by atoms with E-state index in [1.165, 1.54) is 0 Å². The first-order valence-electron chi connectivity index (χ1n) is 8.08. The summed E-state index contributed by atoms with van der Waals surface area (Å²) >= 11 is 0. The second-order valence-electron chi connectivity index (χ2n) is 5.43. The van der Waals surface area contributed by atoms with Crippen LogP contribution in [-0.4, -0.2) is 49.7 Å². The van der Waals surface area contributed by atoms with Crippen LogP contribution in [0.5, 0.6) is 5.75 Å². The molecule has 23 heavy (non-hydrogen) atoms. The molecule has 2 amide bonds. The lowest BCUT2D eigenvalue weighted by Gasteiger charge is -2.31. The molecule has 0 aliphatic carbocycles. The number of hydrogen-bond acceptors (Lipinski definition) is 4. The van der Waals surface area contributed by atoms with Gasteiger partial charge in [-0.15, -0.1) is 0 Å². The van der Waals surface area contributed by atoms with E-state index in [2.05, 4.69) is 5.32 Å². The smallest absolute Gasteiger partial charge is 0.317 e. The van der Waals surface area contributed by atoms with Crippen LogP contribution in [0.1, 0.15) is 19.8 Å². The van der Waals surface area contributed by atoms with Gasteiger partial charge in [0, 0.05) is 13.1 Å². The molecule has 0 saturated carbocycles. The van der Waals surface area contributed by atoms with Crippen LogP contribution in [0.15, 0.2) is 30.3 Å². The topological polar surface area (TPSA) is 67.9 Å². The lowest BCUT2D eigenvalue weighted by Crippen LogP contribution is -2.48. The Morgan fingerprint density at radius 1 is 1.30 bits per heavy atom. The van der Waals surface area contributed by atoms with Crippen molar-refractivity contribution >= 4 is 12.0 Å². The number of para-hydroxylation sites is 1. The fourth-order valence-corrected chi connectivity index (χ4v) is 2.57. The van der Waals surface area contributed by atoms with E-state index < -0.39 is 0 Å². The molecular weight excluding hydrogens is 296 g/mol. The Kier molecular flexibility index (Phi) is 6.72. The molecule has 126 valence electrons. The molecule has 1 aliphatic heterocycles. The van der Waals surface area contributed by atoms with Crippen molar-refractivity contribution in [3.05, 3.63) is 30.3 Å². The Balaban J connectivity index is 1.69. The molecule has 0 radical (unpaired) electrons. The number of benzene rings is 1. The molecule has 1 unspecified atom stereocenters. The zero-order valence-electron chi connectivity index (χ0n) is 13.5. The van der Waals surface area contributed by atoms with Crippen molar-refractivity contribution in [3.63, 3.8) is 0 Å². The van der Waals surface area contributed by atoms with Gasteiger partial charge >= 0.3 is 12.0 Å². The Bertz CT molecular complexity index is 507. The standard InChI is InChI=1S/C17H24N2O4/c1-2-22-16(20)14-7-6-11-19(13-14)17(21)18-10-12-23-15-8-4-3-5-9-15/h3-5,8-9,14H,2,6-7,10-13H2,1H3,(H,18,21). The highest BCUT2D eigenvalue weighted by Crippen LogP contribution is 2.17. The predicted octanol–water partition coefficient (Wildman–Crippen LogP) is 2.05. The second kappa shape index (κ2) is 9.02. The number of amides is 2. The summed E-state index contributed by atoms with van der Waals surface area (Å²) < 4.78 is 10.6. The van der Waals surface area contributed by atoms with E-state index in [4.69, 9.17) is 9.47 Å². The minimum atomic E-state index is -0.213. The van der Waals surface area contributed by atoms with E-state index in [-0.39, 0.29) is 17.9 Å². The number of piperidine rings is 1. The first-order chi connectivity index (χ1) is 11.2. The number of rotatable bonds is 6. The summed E-state index contributed by atoms with van der Waals surface area (Å²) in [5.41, 5.74) is 0. The van der Waals surface area contributed by atoms with E-state index in [1.807, 2.05) is 30.3 Å². The lowest BCUT2D eigenvalue weighted by atomic mass is 9.98. The number of nitrogens with zero attached hydrogens (tertiary/aromatic N) is 1. The zero-order valence-corrected chi connectivity index (χ0v) is 13.5. The monoisotopic (exact) mass is 320 g/mol. The molecule has 1 N–H and O–H groups in total. The van der Waals surface area contributed by atoms with Gasteiger partial charge in [0.2, 0.25) is 0 Å². The first-order valence-corrected chi connectivity index (χ1v) is 8.08. The van der Waals surface area contributed by atoms with Crippen LogP contribution < -0.4 is 10.1 Å². The van der Waals surface area contributed by atoms with Crippen LogP contribution in [0.25, 0.3) is 0 Å². The summed E-state index contributed by atoms with van der Waals surface area (Å²) in [5, 5.41) is 2.82. The normalized spacial score (nSPS) is 17.4. The molecule has 1 aliphatic rings. The third-order valence-electron chi connectivity index (χ3n) is 3.72. The van der Waals surface area contributed by atoms with Gasteiger partial charge in [-0.1, -0.05) is 18.2 Å². The number of esters is 1. The summed E-state index contributed by atoms with van der Waals surface area (Å²) in [6, 6.07) is 9.31. The van der Waals surface area contributed by atoms with E-state index in [9.17, 15) is 9.59 Å². The first kappa shape index (κ1) is 17.1. The van der Waals surface area contributed by atoms with Crippen molar-refractivity contribution in [2.24, 2.45) is 5.92 Å². The molecule has 0 bridgehead atoms. The third kappa shape index (κ3) is 5.47. The Labute approximate surface area is 136 Å². The van der Waals surface area contributed by atoms with E-state index >= 15 is 0 Å². The third-order valence-corrected chi connectivity index (χ3v) is 3.72. The van der Waals surface area contributed by atoms with E-state index in [1.54, 1.807) is 11.8 Å². The molecule has 1 aromatic carbocycles. The van der Waals surface area contributed by atoms with Gasteiger partial charge in [0.25, 0.3) is 0 Å². The fraction of sp³-hybridized carbons (Fsp3) is 0.529. The van der Waals surface area contributed by atoms with Crippen LogP contribution in [0.4, 0.5) is 4.79 Å². The minimum absolute atomic E-state index is 0.157. The summed E-state index contributed by atoms with van der Waals surface area (Å²) in [7, 11) is 0. The number of hydrogen-bond donors (Lipinski definition) is 1. The Morgan fingerprint density at radius 2 is 2.09 bits per heavy atom. The maximum Gasteiger partial charge on any atom is 0.317 e. The van der Waals surface area contributed by atoms with E-state index in [0.717, 1.165) is 18.6 Å². The number of likely N-dealkylation sites (tertiary alicyclic amines) is 1. The predicted molar refractivity (Wildman–Crippen MR) is 86.3 cm³/mol. The van der Waals surface area contributed by atoms with Gasteiger partial charge in [0.15, 0.2) is 0 Å². The molecule has 1 saturated heterocycles. The van der Waals surface area contributed by atoms with Gasteiger partial charge in [-0.3, -0.25) is 4.79 Å². The zero-order chi connectivity index (χ0) is 16.5. The van der Waals surface area contributed by atoms with Crippen molar-refractivity contribution in [3.8, 4) is 5.75 Å². The van der Waals surface area contributed by atoms with Crippen LogP contribution in [0, 0.1) is 5.92 Å².